The van der Waals surface area contributed by atoms with Gasteiger partial charge in [-0.2, -0.15) is 5.06 Å². The van der Waals surface area contributed by atoms with E-state index in [4.69, 9.17) is 9.57 Å². The summed E-state index contributed by atoms with van der Waals surface area (Å²) in [4.78, 5) is 18.2. The SMILES string of the molecule is CC.CC.COc1c(-c2ccccc2C)c(=O)n2n1CCN(OC)CC2. The topological polar surface area (TPSA) is 48.6 Å². The first-order valence-electron chi connectivity index (χ1n) is 9.40. The molecule has 146 valence electrons. The summed E-state index contributed by atoms with van der Waals surface area (Å²) in [5.74, 6) is 0.622. The van der Waals surface area contributed by atoms with Crippen molar-refractivity contribution in [1.29, 1.82) is 0 Å². The lowest BCUT2D eigenvalue weighted by molar-refractivity contribution is -0.130. The van der Waals surface area contributed by atoms with Gasteiger partial charge < -0.3 is 9.57 Å². The first-order valence-corrected chi connectivity index (χ1v) is 9.40. The Morgan fingerprint density at radius 2 is 1.46 bits per heavy atom. The van der Waals surface area contributed by atoms with Gasteiger partial charge in [0.05, 0.1) is 27.3 Å². The summed E-state index contributed by atoms with van der Waals surface area (Å²) in [7, 11) is 3.27. The van der Waals surface area contributed by atoms with Crippen molar-refractivity contribution >= 4 is 0 Å². The molecule has 1 aliphatic rings. The number of nitrogens with zero attached hydrogens (tertiary/aromatic N) is 3. The summed E-state index contributed by atoms with van der Waals surface area (Å²) in [5, 5.41) is 1.85. The third-order valence-electron chi connectivity index (χ3n) is 4.18. The Bertz CT molecular complexity index is 734. The van der Waals surface area contributed by atoms with Crippen LogP contribution in [-0.2, 0) is 17.9 Å². The van der Waals surface area contributed by atoms with Crippen LogP contribution in [0.3, 0.4) is 0 Å². The van der Waals surface area contributed by atoms with E-state index in [1.54, 1.807) is 18.9 Å². The van der Waals surface area contributed by atoms with E-state index < -0.39 is 0 Å². The second-order valence-corrected chi connectivity index (χ2v) is 5.36. The van der Waals surface area contributed by atoms with Gasteiger partial charge in [0.25, 0.3) is 5.56 Å². The summed E-state index contributed by atoms with van der Waals surface area (Å²) in [6.07, 6.45) is 0. The number of benzene rings is 1. The van der Waals surface area contributed by atoms with Crippen LogP contribution in [0.15, 0.2) is 29.1 Å². The normalized spacial score (nSPS) is 13.5. The van der Waals surface area contributed by atoms with Crippen LogP contribution < -0.4 is 10.3 Å². The van der Waals surface area contributed by atoms with Crippen LogP contribution in [-0.4, -0.2) is 41.7 Å². The number of aromatic nitrogens is 2. The van der Waals surface area contributed by atoms with Crippen LogP contribution in [0.4, 0.5) is 0 Å². The minimum absolute atomic E-state index is 0.0101. The number of hydrogen-bond acceptors (Lipinski definition) is 4. The highest BCUT2D eigenvalue weighted by molar-refractivity contribution is 5.71. The molecule has 0 unspecified atom stereocenters. The van der Waals surface area contributed by atoms with E-state index in [2.05, 4.69) is 0 Å². The second-order valence-electron chi connectivity index (χ2n) is 5.36. The van der Waals surface area contributed by atoms with Crippen LogP contribution in [0.5, 0.6) is 5.88 Å². The molecule has 6 heteroatoms. The molecular weight excluding hydrogens is 330 g/mol. The molecule has 0 bridgehead atoms. The number of aryl methyl sites for hydroxylation is 1. The van der Waals surface area contributed by atoms with Crippen LogP contribution >= 0.6 is 0 Å². The molecular formula is C20H33N3O3. The molecule has 0 fully saturated rings. The van der Waals surface area contributed by atoms with Gasteiger partial charge in [-0.3, -0.25) is 4.79 Å². The lowest BCUT2D eigenvalue weighted by Gasteiger charge is -2.15. The minimum Gasteiger partial charge on any atom is -0.481 e. The molecule has 1 aliphatic heterocycles. The monoisotopic (exact) mass is 363 g/mol. The van der Waals surface area contributed by atoms with Gasteiger partial charge in [-0.1, -0.05) is 52.0 Å². The maximum absolute atomic E-state index is 12.9. The largest absolute Gasteiger partial charge is 0.481 e. The highest BCUT2D eigenvalue weighted by Gasteiger charge is 2.25. The number of ether oxygens (including phenoxy) is 1. The highest BCUT2D eigenvalue weighted by Crippen LogP contribution is 2.30. The first kappa shape index (κ1) is 22.0. The molecule has 0 aliphatic carbocycles. The number of hydrogen-bond donors (Lipinski definition) is 0. The number of rotatable bonds is 3. The van der Waals surface area contributed by atoms with Gasteiger partial charge in [0.15, 0.2) is 0 Å². The Kier molecular flexibility index (Phi) is 9.16. The number of fused-ring (bicyclic) bond motifs is 1. The van der Waals surface area contributed by atoms with Gasteiger partial charge in [-0.05, 0) is 18.1 Å². The average molecular weight is 364 g/mol. The molecule has 0 spiro atoms. The number of methoxy groups -OCH3 is 1. The van der Waals surface area contributed by atoms with Gasteiger partial charge in [-0.25, -0.2) is 9.36 Å². The third kappa shape index (κ3) is 4.37. The van der Waals surface area contributed by atoms with Crippen molar-refractivity contribution in [2.75, 3.05) is 27.3 Å². The highest BCUT2D eigenvalue weighted by atomic mass is 16.7. The fourth-order valence-electron chi connectivity index (χ4n) is 3.01. The van der Waals surface area contributed by atoms with Crippen LogP contribution in [0.25, 0.3) is 11.1 Å². The minimum atomic E-state index is -0.0101. The zero-order valence-corrected chi connectivity index (χ0v) is 17.2. The quantitative estimate of drug-likeness (QED) is 0.837. The molecule has 6 nitrogen and oxygen atoms in total. The average Bonchev–Trinajstić information content (AvgIpc) is 2.83. The Morgan fingerprint density at radius 3 is 2.00 bits per heavy atom. The van der Waals surface area contributed by atoms with Crippen LogP contribution in [0, 0.1) is 6.92 Å². The molecule has 2 heterocycles. The van der Waals surface area contributed by atoms with E-state index in [1.165, 1.54) is 0 Å². The fourth-order valence-corrected chi connectivity index (χ4v) is 3.01. The maximum Gasteiger partial charge on any atom is 0.278 e. The first-order chi connectivity index (χ1) is 12.7. The predicted molar refractivity (Wildman–Crippen MR) is 107 cm³/mol. The summed E-state index contributed by atoms with van der Waals surface area (Å²) >= 11 is 0. The van der Waals surface area contributed by atoms with Gasteiger partial charge in [0.2, 0.25) is 5.88 Å². The van der Waals surface area contributed by atoms with Crippen molar-refractivity contribution in [3.8, 4) is 17.0 Å². The molecule has 0 saturated heterocycles. The Labute approximate surface area is 156 Å². The van der Waals surface area contributed by atoms with Gasteiger partial charge in [0.1, 0.15) is 5.56 Å². The molecule has 1 aromatic carbocycles. The lowest BCUT2D eigenvalue weighted by atomic mass is 10.0. The van der Waals surface area contributed by atoms with Crippen molar-refractivity contribution in [3.63, 3.8) is 0 Å². The summed E-state index contributed by atoms with van der Waals surface area (Å²) in [5.41, 5.74) is 2.63. The second kappa shape index (κ2) is 10.8. The fraction of sp³-hybridized carbons (Fsp3) is 0.550. The maximum atomic E-state index is 12.9. The molecule has 0 amide bonds. The molecule has 1 aromatic heterocycles. The Balaban J connectivity index is 0.000000791. The summed E-state index contributed by atoms with van der Waals surface area (Å²) in [6, 6.07) is 7.90. The van der Waals surface area contributed by atoms with E-state index in [9.17, 15) is 4.79 Å². The van der Waals surface area contributed by atoms with E-state index in [-0.39, 0.29) is 5.56 Å². The van der Waals surface area contributed by atoms with Crippen molar-refractivity contribution in [2.24, 2.45) is 0 Å². The predicted octanol–water partition coefficient (Wildman–Crippen LogP) is 3.56. The van der Waals surface area contributed by atoms with Crippen LogP contribution in [0.1, 0.15) is 33.3 Å². The Morgan fingerprint density at radius 1 is 0.885 bits per heavy atom. The molecule has 0 atom stereocenters. The van der Waals surface area contributed by atoms with E-state index in [1.807, 2.05) is 68.6 Å². The molecule has 0 saturated carbocycles. The smallest absolute Gasteiger partial charge is 0.278 e. The van der Waals surface area contributed by atoms with Crippen molar-refractivity contribution in [3.05, 3.63) is 40.2 Å². The zero-order valence-electron chi connectivity index (χ0n) is 17.2. The lowest BCUT2D eigenvalue weighted by Crippen LogP contribution is -2.27. The third-order valence-corrected chi connectivity index (χ3v) is 4.18. The molecule has 2 aromatic rings. The van der Waals surface area contributed by atoms with E-state index in [0.29, 0.717) is 37.6 Å². The van der Waals surface area contributed by atoms with Crippen molar-refractivity contribution < 1.29 is 9.57 Å². The van der Waals surface area contributed by atoms with Gasteiger partial charge in [0, 0.05) is 13.1 Å². The molecule has 0 radical (unpaired) electrons. The van der Waals surface area contributed by atoms with Gasteiger partial charge >= 0.3 is 0 Å². The number of hydroxylamine groups is 2. The molecule has 3 rings (SSSR count). The Hall–Kier alpha value is -2.05. The molecule has 26 heavy (non-hydrogen) atoms. The summed E-state index contributed by atoms with van der Waals surface area (Å²) < 4.78 is 9.25. The molecule has 0 N–H and O–H groups in total. The van der Waals surface area contributed by atoms with Crippen LogP contribution in [0.2, 0.25) is 0 Å². The summed E-state index contributed by atoms with van der Waals surface area (Å²) in [6.45, 7) is 12.6. The standard InChI is InChI=1S/C16H21N3O3.2C2H6/c1-12-6-4-5-7-13(12)14-15(20)18-10-8-17(22-3)9-11-19(18)16(14)21-2;2*1-2/h4-7H,8-11H2,1-3H3;2*1-2H3. The zero-order chi connectivity index (χ0) is 19.7. The van der Waals surface area contributed by atoms with E-state index in [0.717, 1.165) is 11.1 Å². The van der Waals surface area contributed by atoms with Crippen molar-refractivity contribution in [2.45, 2.75) is 47.7 Å². The van der Waals surface area contributed by atoms with E-state index >= 15 is 0 Å². The van der Waals surface area contributed by atoms with Gasteiger partial charge in [-0.15, -0.1) is 0 Å². The van der Waals surface area contributed by atoms with Crippen molar-refractivity contribution in [1.82, 2.24) is 14.4 Å².